The number of unbranched alkanes of at least 4 members (excludes halogenated alkanes) is 2. The van der Waals surface area contributed by atoms with Crippen molar-refractivity contribution >= 4 is 61.2 Å². The third kappa shape index (κ3) is 6.73. The quantitative estimate of drug-likeness (QED) is 0.184. The van der Waals surface area contributed by atoms with Gasteiger partial charge in [0, 0.05) is 32.1 Å². The van der Waals surface area contributed by atoms with Crippen LogP contribution in [0.1, 0.15) is 50.5 Å². The highest BCUT2D eigenvalue weighted by atomic mass is 79.9. The molecule has 0 spiro atoms. The predicted molar refractivity (Wildman–Crippen MR) is 145 cm³/mol. The minimum Gasteiger partial charge on any atom is -0.480 e. The first-order valence-electron chi connectivity index (χ1n) is 11.0. The van der Waals surface area contributed by atoms with Crippen molar-refractivity contribution in [3.63, 3.8) is 0 Å². The fourth-order valence-electron chi connectivity index (χ4n) is 3.25. The summed E-state index contributed by atoms with van der Waals surface area (Å²) in [5, 5.41) is 12.3. The number of rotatable bonds is 10. The van der Waals surface area contributed by atoms with Crippen LogP contribution in [0.3, 0.4) is 0 Å². The summed E-state index contributed by atoms with van der Waals surface area (Å²) in [6, 6.07) is 13.2. The summed E-state index contributed by atoms with van der Waals surface area (Å²) in [7, 11) is 0. The van der Waals surface area contributed by atoms with Gasteiger partial charge in [0.1, 0.15) is 16.3 Å². The van der Waals surface area contributed by atoms with Gasteiger partial charge in [0.25, 0.3) is 5.91 Å². The number of carboxylic acid groups (broad SMARTS) is 1. The minimum atomic E-state index is -0.924. The Morgan fingerprint density at radius 3 is 2.44 bits per heavy atom. The number of amides is 1. The number of aryl methyl sites for hydroxylation is 1. The molecule has 34 heavy (non-hydrogen) atoms. The Labute approximate surface area is 220 Å². The topological polar surface area (TPSA) is 84.2 Å². The fourth-order valence-corrected chi connectivity index (χ4v) is 5.34. The number of imidazole rings is 1. The molecule has 0 radical (unpaired) electrons. The summed E-state index contributed by atoms with van der Waals surface area (Å²) in [5.74, 6) is -0.430. The molecule has 6 nitrogen and oxygen atoms in total. The molecule has 0 saturated heterocycles. The number of carboxylic acids is 1. The molecule has 0 atom stereocenters. The molecule has 180 valence electrons. The van der Waals surface area contributed by atoms with Crippen LogP contribution in [-0.2, 0) is 11.3 Å². The number of halogens is 2. The zero-order chi connectivity index (χ0) is 24.9. The molecular weight excluding hydrogens is 582 g/mol. The highest BCUT2D eigenvalue weighted by Gasteiger charge is 2.28. The lowest BCUT2D eigenvalue weighted by molar-refractivity contribution is -0.138. The summed E-state index contributed by atoms with van der Waals surface area (Å²) >= 11 is 8.18. The van der Waals surface area contributed by atoms with Crippen LogP contribution in [0.15, 0.2) is 62.5 Å². The average molecular weight is 609 g/mol. The van der Waals surface area contributed by atoms with Gasteiger partial charge in [0.05, 0.1) is 5.69 Å². The Hall–Kier alpha value is -2.10. The first kappa shape index (κ1) is 26.5. The Morgan fingerprint density at radius 2 is 1.82 bits per heavy atom. The van der Waals surface area contributed by atoms with Gasteiger partial charge in [-0.2, -0.15) is 0 Å². The van der Waals surface area contributed by atoms with Gasteiger partial charge in [0.15, 0.2) is 0 Å². The number of nitrogens with one attached hydrogen (secondary N) is 1. The molecule has 0 saturated carbocycles. The van der Waals surface area contributed by atoms with Crippen LogP contribution in [0, 0.1) is 0 Å². The van der Waals surface area contributed by atoms with Gasteiger partial charge in [-0.25, -0.2) is 4.98 Å². The lowest BCUT2D eigenvalue weighted by atomic mass is 10.2. The largest absolute Gasteiger partial charge is 0.480 e. The number of nitrogens with zero attached hydrogens (tertiary/aromatic N) is 2. The van der Waals surface area contributed by atoms with Crippen LogP contribution in [-0.4, -0.2) is 31.3 Å². The molecule has 0 unspecified atom stereocenters. The molecule has 0 fully saturated rings. The predicted octanol–water partition coefficient (Wildman–Crippen LogP) is 7.47. The molecule has 0 aliphatic heterocycles. The van der Waals surface area contributed by atoms with Crippen molar-refractivity contribution in [2.75, 3.05) is 5.32 Å². The molecule has 0 aliphatic carbocycles. The maximum atomic E-state index is 13.0. The van der Waals surface area contributed by atoms with E-state index in [9.17, 15) is 14.7 Å². The lowest BCUT2D eigenvalue weighted by Crippen LogP contribution is -2.26. The van der Waals surface area contributed by atoms with Gasteiger partial charge < -0.3 is 15.0 Å². The van der Waals surface area contributed by atoms with Gasteiger partial charge in [-0.3, -0.25) is 9.59 Å². The number of thioether (sulfide) groups is 1. The van der Waals surface area contributed by atoms with E-state index in [2.05, 4.69) is 49.1 Å². The number of aromatic nitrogens is 2. The van der Waals surface area contributed by atoms with Gasteiger partial charge >= 0.3 is 5.97 Å². The Kier molecular flexibility index (Phi) is 9.01. The maximum absolute atomic E-state index is 13.0. The van der Waals surface area contributed by atoms with Crippen molar-refractivity contribution in [2.24, 2.45) is 0 Å². The van der Waals surface area contributed by atoms with E-state index in [-0.39, 0.29) is 5.91 Å². The number of hydrogen-bond acceptors (Lipinski definition) is 4. The number of hydrogen-bond donors (Lipinski definition) is 2. The van der Waals surface area contributed by atoms with E-state index >= 15 is 0 Å². The molecule has 1 aromatic heterocycles. The highest BCUT2D eigenvalue weighted by Crippen LogP contribution is 2.34. The van der Waals surface area contributed by atoms with E-state index in [1.165, 1.54) is 11.8 Å². The zero-order valence-electron chi connectivity index (χ0n) is 19.3. The van der Waals surface area contributed by atoms with E-state index in [4.69, 9.17) is 0 Å². The second kappa shape index (κ2) is 11.6. The van der Waals surface area contributed by atoms with Gasteiger partial charge in [-0.05, 0) is 66.5 Å². The van der Waals surface area contributed by atoms with Crippen LogP contribution in [0.5, 0.6) is 0 Å². The molecule has 3 rings (SSSR count). The van der Waals surface area contributed by atoms with Crippen LogP contribution in [0.4, 0.5) is 5.69 Å². The molecule has 1 heterocycles. The average Bonchev–Trinajstić information content (AvgIpc) is 3.20. The van der Waals surface area contributed by atoms with Crippen LogP contribution >= 0.6 is 43.6 Å². The maximum Gasteiger partial charge on any atom is 0.319 e. The molecule has 3 aromatic rings. The number of benzene rings is 2. The van der Waals surface area contributed by atoms with Crippen molar-refractivity contribution in [2.45, 2.75) is 56.2 Å². The summed E-state index contributed by atoms with van der Waals surface area (Å²) in [5.41, 5.74) is 1.88. The molecule has 2 N–H and O–H groups in total. The second-order valence-corrected chi connectivity index (χ2v) is 11.8. The number of carbonyl (C=O) groups is 2. The first-order chi connectivity index (χ1) is 16.1. The molecule has 0 bridgehead atoms. The number of carbonyl (C=O) groups excluding carboxylic acids is 1. The molecule has 0 aliphatic rings. The normalized spacial score (nSPS) is 11.4. The van der Waals surface area contributed by atoms with E-state index < -0.39 is 10.7 Å². The van der Waals surface area contributed by atoms with E-state index in [0.29, 0.717) is 17.2 Å². The van der Waals surface area contributed by atoms with Crippen molar-refractivity contribution in [1.82, 2.24) is 9.55 Å². The Bertz CT molecular complexity index is 1180. The minimum absolute atomic E-state index is 0.283. The smallest absolute Gasteiger partial charge is 0.319 e. The van der Waals surface area contributed by atoms with Crippen molar-refractivity contribution in [1.29, 1.82) is 0 Å². The summed E-state index contributed by atoms with van der Waals surface area (Å²) in [6.07, 6.45) is 4.97. The van der Waals surface area contributed by atoms with Gasteiger partial charge in [0.2, 0.25) is 0 Å². The highest BCUT2D eigenvalue weighted by molar-refractivity contribution is 9.11. The molecular formula is C25H27Br2N3O3S. The lowest BCUT2D eigenvalue weighted by Gasteiger charge is -2.18. The molecule has 1 amide bonds. The SMILES string of the molecule is CCCCCn1cc(C(=O)Nc2ccc(Br)cc2Br)nc1-c1ccc(SC(C)(C)C(=O)O)cc1. The molecule has 9 heteroatoms. The number of aliphatic carboxylic acids is 1. The Balaban J connectivity index is 1.87. The van der Waals surface area contributed by atoms with E-state index in [0.717, 1.165) is 45.2 Å². The van der Waals surface area contributed by atoms with Crippen molar-refractivity contribution < 1.29 is 14.7 Å². The monoisotopic (exact) mass is 607 g/mol. The van der Waals surface area contributed by atoms with E-state index in [1.54, 1.807) is 20.0 Å². The summed E-state index contributed by atoms with van der Waals surface area (Å²) < 4.78 is 2.78. The second-order valence-electron chi connectivity index (χ2n) is 8.37. The fraction of sp³-hybridized carbons (Fsp3) is 0.320. The van der Waals surface area contributed by atoms with Crippen molar-refractivity contribution in [3.05, 3.63) is 63.3 Å². The molecule has 2 aromatic carbocycles. The van der Waals surface area contributed by atoms with Gasteiger partial charge in [-0.1, -0.05) is 47.8 Å². The number of anilines is 1. The van der Waals surface area contributed by atoms with Crippen molar-refractivity contribution in [3.8, 4) is 11.4 Å². The van der Waals surface area contributed by atoms with E-state index in [1.807, 2.05) is 47.0 Å². The summed E-state index contributed by atoms with van der Waals surface area (Å²) in [4.78, 5) is 29.9. The van der Waals surface area contributed by atoms with Crippen LogP contribution < -0.4 is 5.32 Å². The van der Waals surface area contributed by atoms with Crippen LogP contribution in [0.25, 0.3) is 11.4 Å². The third-order valence-corrected chi connectivity index (χ3v) is 7.53. The van der Waals surface area contributed by atoms with Gasteiger partial charge in [-0.15, -0.1) is 11.8 Å². The third-order valence-electron chi connectivity index (χ3n) is 5.19. The van der Waals surface area contributed by atoms with Crippen LogP contribution in [0.2, 0.25) is 0 Å². The Morgan fingerprint density at radius 1 is 1.12 bits per heavy atom. The standard InChI is InChI=1S/C25H27Br2N3O3S/c1-4-5-6-13-30-15-21(23(31)29-20-12-9-17(26)14-19(20)27)28-22(30)16-7-10-18(11-8-16)34-25(2,3)24(32)33/h7-12,14-15H,4-6,13H2,1-3H3,(H,29,31)(H,32,33). The first-order valence-corrected chi connectivity index (χ1v) is 13.4. The zero-order valence-corrected chi connectivity index (χ0v) is 23.3. The summed E-state index contributed by atoms with van der Waals surface area (Å²) in [6.45, 7) is 6.28.